The number of carbonyl (C=O) groups is 1. The number of benzene rings is 1. The molecule has 0 heterocycles. The van der Waals surface area contributed by atoms with Crippen molar-refractivity contribution in [1.29, 1.82) is 0 Å². The van der Waals surface area contributed by atoms with Crippen molar-refractivity contribution in [3.8, 4) is 0 Å². The molecule has 0 bridgehead atoms. The van der Waals surface area contributed by atoms with E-state index in [0.717, 1.165) is 24.9 Å². The molecule has 0 saturated heterocycles. The van der Waals surface area contributed by atoms with Crippen molar-refractivity contribution in [2.75, 3.05) is 6.54 Å². The monoisotopic (exact) mass is 247 g/mol. The summed E-state index contributed by atoms with van der Waals surface area (Å²) in [6.07, 6.45) is 2.03. The van der Waals surface area contributed by atoms with E-state index in [2.05, 4.69) is 27.7 Å². The van der Waals surface area contributed by atoms with Gasteiger partial charge in [0.25, 0.3) is 5.91 Å². The maximum Gasteiger partial charge on any atom is 0.254 e. The molecule has 1 amide bonds. The Kier molecular flexibility index (Phi) is 5.90. The van der Waals surface area contributed by atoms with Crippen molar-refractivity contribution in [2.45, 2.75) is 46.6 Å². The van der Waals surface area contributed by atoms with Gasteiger partial charge in [-0.25, -0.2) is 0 Å². The van der Waals surface area contributed by atoms with Gasteiger partial charge in [0, 0.05) is 18.2 Å². The molecular formula is C16H25NO. The predicted octanol–water partition coefficient (Wildman–Crippen LogP) is 3.97. The molecule has 0 aliphatic heterocycles. The van der Waals surface area contributed by atoms with Gasteiger partial charge >= 0.3 is 0 Å². The molecular weight excluding hydrogens is 222 g/mol. The molecule has 0 atom stereocenters. The minimum absolute atomic E-state index is 0.165. The lowest BCUT2D eigenvalue weighted by atomic mass is 10.1. The topological polar surface area (TPSA) is 20.3 Å². The van der Waals surface area contributed by atoms with Crippen LogP contribution in [-0.4, -0.2) is 23.4 Å². The third kappa shape index (κ3) is 3.86. The van der Waals surface area contributed by atoms with Crippen LogP contribution in [0.5, 0.6) is 0 Å². The fraction of sp³-hybridized carbons (Fsp3) is 0.562. The number of amides is 1. The van der Waals surface area contributed by atoms with Crippen LogP contribution in [0.3, 0.4) is 0 Å². The minimum Gasteiger partial charge on any atom is -0.335 e. The Labute approximate surface area is 111 Å². The van der Waals surface area contributed by atoms with E-state index in [1.54, 1.807) is 0 Å². The molecule has 0 spiro atoms. The van der Waals surface area contributed by atoms with Gasteiger partial charge in [-0.3, -0.25) is 4.79 Å². The van der Waals surface area contributed by atoms with Crippen molar-refractivity contribution in [3.05, 3.63) is 35.9 Å². The third-order valence-corrected chi connectivity index (χ3v) is 3.23. The van der Waals surface area contributed by atoms with Gasteiger partial charge < -0.3 is 4.90 Å². The summed E-state index contributed by atoms with van der Waals surface area (Å²) < 4.78 is 0. The third-order valence-electron chi connectivity index (χ3n) is 3.23. The highest BCUT2D eigenvalue weighted by Crippen LogP contribution is 2.15. The molecule has 0 saturated carbocycles. The van der Waals surface area contributed by atoms with Gasteiger partial charge in [0.2, 0.25) is 0 Å². The van der Waals surface area contributed by atoms with Gasteiger partial charge in [0.05, 0.1) is 0 Å². The zero-order valence-corrected chi connectivity index (χ0v) is 12.0. The molecule has 0 aliphatic rings. The number of carbonyl (C=O) groups excluding carboxylic acids is 1. The van der Waals surface area contributed by atoms with Crippen molar-refractivity contribution in [3.63, 3.8) is 0 Å². The molecule has 2 nitrogen and oxygen atoms in total. The van der Waals surface area contributed by atoms with Crippen LogP contribution in [0.2, 0.25) is 0 Å². The van der Waals surface area contributed by atoms with Gasteiger partial charge in [-0.2, -0.15) is 0 Å². The molecule has 18 heavy (non-hydrogen) atoms. The predicted molar refractivity (Wildman–Crippen MR) is 76.7 cm³/mol. The maximum absolute atomic E-state index is 12.6. The number of nitrogens with zero attached hydrogens (tertiary/aromatic N) is 1. The SMILES string of the molecule is CCC(CC)N(CC(C)C)C(=O)c1ccccc1. The molecule has 1 aromatic rings. The lowest BCUT2D eigenvalue weighted by Crippen LogP contribution is -2.42. The van der Waals surface area contributed by atoms with E-state index < -0.39 is 0 Å². The fourth-order valence-corrected chi connectivity index (χ4v) is 2.27. The second-order valence-corrected chi connectivity index (χ2v) is 5.19. The van der Waals surface area contributed by atoms with Crippen LogP contribution >= 0.6 is 0 Å². The van der Waals surface area contributed by atoms with Crippen molar-refractivity contribution >= 4 is 5.91 Å². The van der Waals surface area contributed by atoms with Crippen LogP contribution in [0.4, 0.5) is 0 Å². The smallest absolute Gasteiger partial charge is 0.254 e. The number of rotatable bonds is 6. The Bertz CT molecular complexity index is 355. The molecule has 0 unspecified atom stereocenters. The Balaban J connectivity index is 2.92. The number of hydrogen-bond acceptors (Lipinski definition) is 1. The first-order valence-electron chi connectivity index (χ1n) is 6.96. The highest BCUT2D eigenvalue weighted by atomic mass is 16.2. The van der Waals surface area contributed by atoms with Crippen LogP contribution in [0.25, 0.3) is 0 Å². The highest BCUT2D eigenvalue weighted by Gasteiger charge is 2.22. The second-order valence-electron chi connectivity index (χ2n) is 5.19. The van der Waals surface area contributed by atoms with E-state index >= 15 is 0 Å². The number of hydrogen-bond donors (Lipinski definition) is 0. The van der Waals surface area contributed by atoms with Crippen molar-refractivity contribution < 1.29 is 4.79 Å². The summed E-state index contributed by atoms with van der Waals surface area (Å²) in [6, 6.07) is 9.94. The highest BCUT2D eigenvalue weighted by molar-refractivity contribution is 5.94. The summed E-state index contributed by atoms with van der Waals surface area (Å²) in [6.45, 7) is 9.46. The fourth-order valence-electron chi connectivity index (χ4n) is 2.27. The van der Waals surface area contributed by atoms with E-state index in [4.69, 9.17) is 0 Å². The zero-order chi connectivity index (χ0) is 13.5. The first kappa shape index (κ1) is 14.7. The summed E-state index contributed by atoms with van der Waals surface area (Å²) in [7, 11) is 0. The molecule has 0 fully saturated rings. The van der Waals surface area contributed by atoms with E-state index in [1.807, 2.05) is 35.2 Å². The average Bonchev–Trinajstić information content (AvgIpc) is 2.38. The van der Waals surface area contributed by atoms with Gasteiger partial charge in [0.15, 0.2) is 0 Å². The van der Waals surface area contributed by atoms with E-state index in [1.165, 1.54) is 0 Å². The molecule has 0 radical (unpaired) electrons. The van der Waals surface area contributed by atoms with Crippen LogP contribution in [0, 0.1) is 5.92 Å². The summed E-state index contributed by atoms with van der Waals surface area (Å²) in [5.74, 6) is 0.663. The van der Waals surface area contributed by atoms with Gasteiger partial charge in [-0.05, 0) is 30.9 Å². The summed E-state index contributed by atoms with van der Waals surface area (Å²) in [5.41, 5.74) is 0.796. The summed E-state index contributed by atoms with van der Waals surface area (Å²) >= 11 is 0. The van der Waals surface area contributed by atoms with E-state index in [-0.39, 0.29) is 5.91 Å². The zero-order valence-electron chi connectivity index (χ0n) is 12.0. The summed E-state index contributed by atoms with van der Waals surface area (Å²) in [5, 5.41) is 0. The molecule has 1 aromatic carbocycles. The first-order chi connectivity index (χ1) is 8.60. The largest absolute Gasteiger partial charge is 0.335 e. The van der Waals surface area contributed by atoms with Gasteiger partial charge in [0.1, 0.15) is 0 Å². The lowest BCUT2D eigenvalue weighted by Gasteiger charge is -2.32. The molecule has 1 rings (SSSR count). The molecule has 2 heteroatoms. The van der Waals surface area contributed by atoms with Crippen LogP contribution in [0.1, 0.15) is 50.9 Å². The van der Waals surface area contributed by atoms with E-state index in [0.29, 0.717) is 12.0 Å². The molecule has 0 aromatic heterocycles. The van der Waals surface area contributed by atoms with Gasteiger partial charge in [-0.1, -0.05) is 45.9 Å². The normalized spacial score (nSPS) is 11.0. The Morgan fingerprint density at radius 1 is 1.11 bits per heavy atom. The molecule has 100 valence electrons. The minimum atomic E-state index is 0.165. The standard InChI is InChI=1S/C16H25NO/c1-5-15(6-2)17(12-13(3)4)16(18)14-10-8-7-9-11-14/h7-11,13,15H,5-6,12H2,1-4H3. The Morgan fingerprint density at radius 3 is 2.11 bits per heavy atom. The molecule has 0 aliphatic carbocycles. The van der Waals surface area contributed by atoms with Gasteiger partial charge in [-0.15, -0.1) is 0 Å². The van der Waals surface area contributed by atoms with Crippen LogP contribution in [-0.2, 0) is 0 Å². The summed E-state index contributed by atoms with van der Waals surface area (Å²) in [4.78, 5) is 14.6. The quantitative estimate of drug-likeness (QED) is 0.744. The lowest BCUT2D eigenvalue weighted by molar-refractivity contribution is 0.0640. The van der Waals surface area contributed by atoms with Crippen LogP contribution < -0.4 is 0 Å². The molecule has 0 N–H and O–H groups in total. The van der Waals surface area contributed by atoms with Crippen molar-refractivity contribution in [1.82, 2.24) is 4.90 Å². The first-order valence-corrected chi connectivity index (χ1v) is 6.96. The Morgan fingerprint density at radius 2 is 1.67 bits per heavy atom. The maximum atomic E-state index is 12.6. The van der Waals surface area contributed by atoms with E-state index in [9.17, 15) is 4.79 Å². The van der Waals surface area contributed by atoms with Crippen molar-refractivity contribution in [2.24, 2.45) is 5.92 Å². The Hall–Kier alpha value is -1.31. The average molecular weight is 247 g/mol. The second kappa shape index (κ2) is 7.20. The van der Waals surface area contributed by atoms with Crippen LogP contribution in [0.15, 0.2) is 30.3 Å².